The van der Waals surface area contributed by atoms with Crippen LogP contribution in [-0.4, -0.2) is 0 Å². The Morgan fingerprint density at radius 2 is 1.00 bits per heavy atom. The van der Waals surface area contributed by atoms with Gasteiger partial charge in [-0.2, -0.15) is 0 Å². The Labute approximate surface area is 248 Å². The summed E-state index contributed by atoms with van der Waals surface area (Å²) in [6.07, 6.45) is 0. The Bertz CT molecular complexity index is 2300. The average Bonchev–Trinajstić information content (AvgIpc) is 3.44. The second-order valence-corrected chi connectivity index (χ2v) is 12.0. The van der Waals surface area contributed by atoms with E-state index in [1.165, 1.54) is 70.5 Å². The van der Waals surface area contributed by atoms with Crippen molar-refractivity contribution in [2.24, 2.45) is 0 Å². The van der Waals surface area contributed by atoms with Crippen LogP contribution in [0.1, 0.15) is 0 Å². The number of rotatable bonds is 3. The fraction of sp³-hybridized carbons (Fsp3) is 0. The molecule has 0 atom stereocenters. The molecular weight excluding hydrogens is 529 g/mol. The van der Waals surface area contributed by atoms with E-state index in [-0.39, 0.29) is 0 Å². The minimum atomic E-state index is 0.926. The van der Waals surface area contributed by atoms with E-state index in [9.17, 15) is 0 Å². The molecule has 0 radical (unpaired) electrons. The van der Waals surface area contributed by atoms with Crippen LogP contribution in [0, 0.1) is 0 Å². The summed E-state index contributed by atoms with van der Waals surface area (Å²) < 4.78 is 6.11. The molecule has 8 aromatic rings. The van der Waals surface area contributed by atoms with Gasteiger partial charge in [-0.1, -0.05) is 127 Å². The number of hydrogen-bond donors (Lipinski definition) is 0. The van der Waals surface area contributed by atoms with E-state index < -0.39 is 0 Å². The third kappa shape index (κ3) is 3.66. The number of benzene rings is 7. The highest BCUT2D eigenvalue weighted by molar-refractivity contribution is 7.99. The van der Waals surface area contributed by atoms with Crippen LogP contribution in [0.3, 0.4) is 0 Å². The minimum Gasteiger partial charge on any atom is -0.456 e. The van der Waals surface area contributed by atoms with Crippen LogP contribution >= 0.6 is 11.8 Å². The highest BCUT2D eigenvalue weighted by atomic mass is 32.2. The topological polar surface area (TPSA) is 13.1 Å². The monoisotopic (exact) mass is 552 g/mol. The van der Waals surface area contributed by atoms with Gasteiger partial charge in [-0.3, -0.25) is 0 Å². The van der Waals surface area contributed by atoms with Crippen LogP contribution in [0.4, 0.5) is 0 Å². The van der Waals surface area contributed by atoms with Gasteiger partial charge < -0.3 is 4.42 Å². The third-order valence-electron chi connectivity index (χ3n) is 8.51. The molecule has 42 heavy (non-hydrogen) atoms. The van der Waals surface area contributed by atoms with Crippen LogP contribution in [0.5, 0.6) is 0 Å². The Balaban J connectivity index is 1.04. The molecule has 1 aliphatic heterocycles. The summed E-state index contributed by atoms with van der Waals surface area (Å²) in [6, 6.07) is 52.6. The van der Waals surface area contributed by atoms with Crippen molar-refractivity contribution in [2.75, 3.05) is 0 Å². The molecule has 0 fully saturated rings. The van der Waals surface area contributed by atoms with Gasteiger partial charge >= 0.3 is 0 Å². The zero-order chi connectivity index (χ0) is 27.6. The second kappa shape index (κ2) is 9.24. The largest absolute Gasteiger partial charge is 0.456 e. The third-order valence-corrected chi connectivity index (χ3v) is 9.64. The van der Waals surface area contributed by atoms with E-state index in [1.807, 2.05) is 23.9 Å². The molecule has 0 saturated carbocycles. The fourth-order valence-electron chi connectivity index (χ4n) is 6.46. The fourth-order valence-corrected chi connectivity index (χ4v) is 7.58. The molecule has 0 aliphatic carbocycles. The lowest BCUT2D eigenvalue weighted by molar-refractivity contribution is 0.669. The standard InChI is InChI=1S/C40H24OS/c1-2-11-35-33(8-1)40-31(9-5-12-36(40)41-35)28-20-18-26(19-21-28)25-14-16-27(17-15-25)30-22-23-37-34(24-30)32-10-3-6-29-7-4-13-38(42-37)39(29)32/h1-24H. The second-order valence-electron chi connectivity index (χ2n) is 10.9. The summed E-state index contributed by atoms with van der Waals surface area (Å²) in [5.74, 6) is 0. The highest BCUT2D eigenvalue weighted by Gasteiger charge is 2.19. The quantitative estimate of drug-likeness (QED) is 0.216. The number of para-hydroxylation sites is 1. The zero-order valence-corrected chi connectivity index (χ0v) is 23.5. The van der Waals surface area contributed by atoms with Gasteiger partial charge in [-0.25, -0.2) is 0 Å². The SMILES string of the molecule is c1cc2c3c(cccc3c1)-c1cc(-c3ccc(-c4ccc(-c5cccc6oc7ccccc7c56)cc4)cc3)ccc1S2. The zero-order valence-electron chi connectivity index (χ0n) is 22.7. The number of hydrogen-bond acceptors (Lipinski definition) is 2. The predicted octanol–water partition coefficient (Wildman–Crippen LogP) is 11.9. The van der Waals surface area contributed by atoms with Crippen molar-refractivity contribution in [1.29, 1.82) is 0 Å². The van der Waals surface area contributed by atoms with E-state index in [0.29, 0.717) is 0 Å². The first-order valence-corrected chi connectivity index (χ1v) is 15.1. The first-order valence-electron chi connectivity index (χ1n) is 14.3. The summed E-state index contributed by atoms with van der Waals surface area (Å²) in [5.41, 5.74) is 11.8. The van der Waals surface area contributed by atoms with Crippen molar-refractivity contribution in [3.63, 3.8) is 0 Å². The van der Waals surface area contributed by atoms with Crippen LogP contribution < -0.4 is 0 Å². The van der Waals surface area contributed by atoms with Gasteiger partial charge in [0.1, 0.15) is 11.2 Å². The first-order chi connectivity index (χ1) is 20.8. The average molecular weight is 553 g/mol. The van der Waals surface area contributed by atoms with Crippen molar-refractivity contribution in [3.05, 3.63) is 146 Å². The highest BCUT2D eigenvalue weighted by Crippen LogP contribution is 2.48. The van der Waals surface area contributed by atoms with Gasteiger partial charge in [0.25, 0.3) is 0 Å². The van der Waals surface area contributed by atoms with Crippen molar-refractivity contribution in [3.8, 4) is 44.5 Å². The van der Waals surface area contributed by atoms with Gasteiger partial charge in [0.15, 0.2) is 0 Å². The molecule has 0 amide bonds. The molecular formula is C40H24OS. The van der Waals surface area contributed by atoms with Crippen molar-refractivity contribution in [2.45, 2.75) is 9.79 Å². The molecule has 2 heterocycles. The van der Waals surface area contributed by atoms with Gasteiger partial charge in [-0.05, 0) is 80.2 Å². The first kappa shape index (κ1) is 23.6. The summed E-state index contributed by atoms with van der Waals surface area (Å²) in [6.45, 7) is 0. The molecule has 0 bridgehead atoms. The molecule has 7 aromatic carbocycles. The predicted molar refractivity (Wildman–Crippen MR) is 177 cm³/mol. The van der Waals surface area contributed by atoms with Crippen LogP contribution in [0.2, 0.25) is 0 Å². The van der Waals surface area contributed by atoms with Gasteiger partial charge in [-0.15, -0.1) is 0 Å². The molecule has 0 unspecified atom stereocenters. The van der Waals surface area contributed by atoms with Crippen molar-refractivity contribution >= 4 is 44.5 Å². The molecule has 0 N–H and O–H groups in total. The maximum atomic E-state index is 6.11. The molecule has 0 spiro atoms. The Hall–Kier alpha value is -5.05. The molecule has 0 saturated heterocycles. The van der Waals surface area contributed by atoms with Crippen molar-refractivity contribution < 1.29 is 4.42 Å². The molecule has 1 aliphatic rings. The molecule has 1 aromatic heterocycles. The Morgan fingerprint density at radius 1 is 0.381 bits per heavy atom. The summed E-state index contributed by atoms with van der Waals surface area (Å²) >= 11 is 1.87. The van der Waals surface area contributed by atoms with Gasteiger partial charge in [0, 0.05) is 25.9 Å². The molecule has 2 heteroatoms. The molecule has 9 rings (SSSR count). The van der Waals surface area contributed by atoms with Gasteiger partial charge in [0.05, 0.1) is 0 Å². The number of fused-ring (bicyclic) bond motifs is 5. The summed E-state index contributed by atoms with van der Waals surface area (Å²) in [7, 11) is 0. The number of furan rings is 1. The van der Waals surface area contributed by atoms with Crippen LogP contribution in [0.25, 0.3) is 77.2 Å². The van der Waals surface area contributed by atoms with E-state index in [2.05, 4.69) is 133 Å². The van der Waals surface area contributed by atoms with E-state index in [0.717, 1.165) is 16.6 Å². The van der Waals surface area contributed by atoms with Gasteiger partial charge in [0.2, 0.25) is 0 Å². The van der Waals surface area contributed by atoms with E-state index in [1.54, 1.807) is 0 Å². The molecule has 1 nitrogen and oxygen atoms in total. The lowest BCUT2D eigenvalue weighted by Crippen LogP contribution is -1.93. The van der Waals surface area contributed by atoms with Crippen LogP contribution in [-0.2, 0) is 0 Å². The lowest BCUT2D eigenvalue weighted by atomic mass is 9.93. The maximum absolute atomic E-state index is 6.11. The van der Waals surface area contributed by atoms with Crippen molar-refractivity contribution in [1.82, 2.24) is 0 Å². The lowest BCUT2D eigenvalue weighted by Gasteiger charge is -2.21. The van der Waals surface area contributed by atoms with Crippen LogP contribution in [0.15, 0.2) is 160 Å². The maximum Gasteiger partial charge on any atom is 0.136 e. The minimum absolute atomic E-state index is 0.926. The Morgan fingerprint density at radius 3 is 1.81 bits per heavy atom. The van der Waals surface area contributed by atoms with E-state index in [4.69, 9.17) is 4.42 Å². The summed E-state index contributed by atoms with van der Waals surface area (Å²) in [5, 5.41) is 5.00. The normalized spacial score (nSPS) is 12.2. The smallest absolute Gasteiger partial charge is 0.136 e. The summed E-state index contributed by atoms with van der Waals surface area (Å²) in [4.78, 5) is 2.66. The molecule has 196 valence electrons. The Kier molecular flexibility index (Phi) is 5.20. The van der Waals surface area contributed by atoms with E-state index >= 15 is 0 Å².